The lowest BCUT2D eigenvalue weighted by atomic mass is 9.61. The van der Waals surface area contributed by atoms with Crippen LogP contribution in [0, 0.1) is 5.41 Å². The molecule has 7 heteroatoms. The summed E-state index contributed by atoms with van der Waals surface area (Å²) in [5.41, 5.74) is 7.35. The van der Waals surface area contributed by atoms with Crippen molar-refractivity contribution in [3.05, 3.63) is 54.1 Å². The maximum atomic E-state index is 11.3. The molecule has 0 amide bonds. The SMILES string of the molecule is CCC(C)(C)C(C)(C)c1c(O)ccc(-c2cccc3n[nH]nc23)c1-c1cccc2n[nH]nc12. The van der Waals surface area contributed by atoms with Gasteiger partial charge in [-0.3, -0.25) is 0 Å². The van der Waals surface area contributed by atoms with Gasteiger partial charge in [0, 0.05) is 16.7 Å². The van der Waals surface area contributed by atoms with Gasteiger partial charge in [-0.2, -0.15) is 30.8 Å². The number of phenolic OH excluding ortho intramolecular Hbond substituents is 1. The summed E-state index contributed by atoms with van der Waals surface area (Å²) in [7, 11) is 0. The molecule has 3 N–H and O–H groups in total. The lowest BCUT2D eigenvalue weighted by Gasteiger charge is -2.43. The van der Waals surface area contributed by atoms with E-state index in [0.717, 1.165) is 56.3 Å². The molecule has 0 radical (unpaired) electrons. The van der Waals surface area contributed by atoms with Crippen LogP contribution in [0.2, 0.25) is 0 Å². The molecular weight excluding hydrogens is 412 g/mol. The van der Waals surface area contributed by atoms with Crippen LogP contribution in [0.3, 0.4) is 0 Å². The molecule has 0 fully saturated rings. The van der Waals surface area contributed by atoms with Gasteiger partial charge in [0.2, 0.25) is 0 Å². The van der Waals surface area contributed by atoms with E-state index in [1.807, 2.05) is 42.5 Å². The molecule has 5 rings (SSSR count). The van der Waals surface area contributed by atoms with Crippen LogP contribution < -0.4 is 0 Å². The fourth-order valence-electron chi connectivity index (χ4n) is 4.66. The third-order valence-corrected chi connectivity index (χ3v) is 7.64. The highest BCUT2D eigenvalue weighted by Gasteiger charge is 2.41. The summed E-state index contributed by atoms with van der Waals surface area (Å²) in [5, 5.41) is 34.3. The molecule has 3 aromatic carbocycles. The monoisotopic (exact) mass is 440 g/mol. The Morgan fingerprint density at radius 2 is 1.30 bits per heavy atom. The fraction of sp³-hybridized carbons (Fsp3) is 0.308. The van der Waals surface area contributed by atoms with E-state index in [-0.39, 0.29) is 16.6 Å². The lowest BCUT2D eigenvalue weighted by molar-refractivity contribution is 0.185. The summed E-state index contributed by atoms with van der Waals surface area (Å²) >= 11 is 0. The highest BCUT2D eigenvalue weighted by molar-refractivity contribution is 6.03. The Bertz CT molecular complexity index is 1480. The predicted octanol–water partition coefficient (Wildman–Crippen LogP) is 5.98. The Kier molecular flexibility index (Phi) is 4.74. The molecule has 5 aromatic rings. The number of fused-ring (bicyclic) bond motifs is 2. The second kappa shape index (κ2) is 7.40. The summed E-state index contributed by atoms with van der Waals surface area (Å²) in [4.78, 5) is 0. The smallest absolute Gasteiger partial charge is 0.120 e. The van der Waals surface area contributed by atoms with Crippen molar-refractivity contribution in [3.63, 3.8) is 0 Å². The predicted molar refractivity (Wildman–Crippen MR) is 131 cm³/mol. The molecule has 0 aliphatic heterocycles. The quantitative estimate of drug-likeness (QED) is 0.312. The summed E-state index contributed by atoms with van der Waals surface area (Å²) in [5.74, 6) is 0.271. The van der Waals surface area contributed by atoms with E-state index >= 15 is 0 Å². The van der Waals surface area contributed by atoms with Gasteiger partial charge in [0.15, 0.2) is 0 Å². The molecule has 0 saturated carbocycles. The second-order valence-corrected chi connectivity index (χ2v) is 9.74. The lowest BCUT2D eigenvalue weighted by Crippen LogP contribution is -2.36. The topological polar surface area (TPSA) is 103 Å². The Morgan fingerprint density at radius 3 is 1.91 bits per heavy atom. The van der Waals surface area contributed by atoms with Crippen molar-refractivity contribution in [2.75, 3.05) is 0 Å². The largest absolute Gasteiger partial charge is 0.508 e. The van der Waals surface area contributed by atoms with Gasteiger partial charge in [-0.1, -0.05) is 65.3 Å². The minimum absolute atomic E-state index is 0.0878. The number of benzene rings is 3. The highest BCUT2D eigenvalue weighted by Crippen LogP contribution is 2.53. The Labute approximate surface area is 192 Å². The summed E-state index contributed by atoms with van der Waals surface area (Å²) < 4.78 is 0. The van der Waals surface area contributed by atoms with Crippen molar-refractivity contribution in [1.82, 2.24) is 30.8 Å². The van der Waals surface area contributed by atoms with Gasteiger partial charge in [0.05, 0.1) is 0 Å². The van der Waals surface area contributed by atoms with Crippen molar-refractivity contribution in [2.24, 2.45) is 5.41 Å². The van der Waals surface area contributed by atoms with Crippen LogP contribution in [-0.2, 0) is 5.41 Å². The molecule has 0 spiro atoms. The number of phenols is 1. The molecule has 2 aromatic heterocycles. The van der Waals surface area contributed by atoms with Gasteiger partial charge in [0.1, 0.15) is 27.8 Å². The maximum absolute atomic E-state index is 11.3. The van der Waals surface area contributed by atoms with Crippen molar-refractivity contribution in [2.45, 2.75) is 46.5 Å². The molecule has 0 aliphatic carbocycles. The van der Waals surface area contributed by atoms with Crippen LogP contribution in [0.15, 0.2) is 48.5 Å². The van der Waals surface area contributed by atoms with Crippen LogP contribution >= 0.6 is 0 Å². The van der Waals surface area contributed by atoms with E-state index in [2.05, 4.69) is 65.4 Å². The average Bonchev–Trinajstić information content (AvgIpc) is 3.47. The molecule has 7 nitrogen and oxygen atoms in total. The Hall–Kier alpha value is -3.74. The number of hydrogen-bond acceptors (Lipinski definition) is 5. The number of aromatic amines is 2. The summed E-state index contributed by atoms with van der Waals surface area (Å²) in [6, 6.07) is 15.7. The number of aromatic hydroxyl groups is 1. The second-order valence-electron chi connectivity index (χ2n) is 9.74. The third-order valence-electron chi connectivity index (χ3n) is 7.64. The summed E-state index contributed by atoms with van der Waals surface area (Å²) in [6.45, 7) is 11.1. The number of hydrogen-bond donors (Lipinski definition) is 3. The van der Waals surface area contributed by atoms with Crippen LogP contribution in [0.25, 0.3) is 44.3 Å². The first-order chi connectivity index (χ1) is 15.8. The minimum atomic E-state index is -0.360. The van der Waals surface area contributed by atoms with Crippen LogP contribution in [-0.4, -0.2) is 35.9 Å². The van der Waals surface area contributed by atoms with E-state index in [0.29, 0.717) is 0 Å². The number of aromatic nitrogens is 6. The van der Waals surface area contributed by atoms with Crippen LogP contribution in [0.4, 0.5) is 0 Å². The first-order valence-corrected chi connectivity index (χ1v) is 11.2. The molecule has 33 heavy (non-hydrogen) atoms. The van der Waals surface area contributed by atoms with Crippen molar-refractivity contribution in [1.29, 1.82) is 0 Å². The molecule has 168 valence electrons. The van der Waals surface area contributed by atoms with E-state index < -0.39 is 0 Å². The zero-order valence-corrected chi connectivity index (χ0v) is 19.6. The number of H-pyrrole nitrogens is 2. The Morgan fingerprint density at radius 1 is 0.727 bits per heavy atom. The van der Waals surface area contributed by atoms with Gasteiger partial charge >= 0.3 is 0 Å². The zero-order chi connectivity index (χ0) is 23.4. The van der Waals surface area contributed by atoms with Gasteiger partial charge in [0.25, 0.3) is 0 Å². The minimum Gasteiger partial charge on any atom is -0.508 e. The number of rotatable bonds is 5. The molecule has 0 unspecified atom stereocenters. The molecule has 0 saturated heterocycles. The molecule has 0 atom stereocenters. The van der Waals surface area contributed by atoms with E-state index in [1.165, 1.54) is 0 Å². The van der Waals surface area contributed by atoms with E-state index in [4.69, 9.17) is 0 Å². The van der Waals surface area contributed by atoms with E-state index in [1.54, 1.807) is 6.07 Å². The highest BCUT2D eigenvalue weighted by atomic mass is 16.3. The fourth-order valence-corrected chi connectivity index (χ4v) is 4.66. The number of nitrogens with one attached hydrogen (secondary N) is 2. The van der Waals surface area contributed by atoms with Crippen molar-refractivity contribution in [3.8, 4) is 28.0 Å². The van der Waals surface area contributed by atoms with Gasteiger partial charge in [-0.15, -0.1) is 0 Å². The number of nitrogens with zero attached hydrogens (tertiary/aromatic N) is 4. The number of para-hydroxylation sites is 2. The van der Waals surface area contributed by atoms with Gasteiger partial charge < -0.3 is 5.11 Å². The Balaban J connectivity index is 1.95. The standard InChI is InChI=1S/C26H28N6O/c1-6-25(2,3)26(4,5)22-20(33)14-13-15(16-9-7-11-18-23(16)29-31-27-18)21(22)17-10-8-12-19-24(17)30-32-28-19/h7-14,33H,6H2,1-5H3,(H,27,29,31)(H,28,30,32). The maximum Gasteiger partial charge on any atom is 0.120 e. The van der Waals surface area contributed by atoms with Crippen LogP contribution in [0.1, 0.15) is 46.6 Å². The van der Waals surface area contributed by atoms with Gasteiger partial charge in [-0.05, 0) is 46.2 Å². The third kappa shape index (κ3) is 3.10. The average molecular weight is 441 g/mol. The molecule has 0 bridgehead atoms. The van der Waals surface area contributed by atoms with E-state index in [9.17, 15) is 5.11 Å². The zero-order valence-electron chi connectivity index (χ0n) is 19.6. The van der Waals surface area contributed by atoms with Gasteiger partial charge in [-0.25, -0.2) is 0 Å². The first kappa shape index (κ1) is 21.1. The molecular formula is C26H28N6O. The summed E-state index contributed by atoms with van der Waals surface area (Å²) in [6.07, 6.45) is 0.955. The first-order valence-electron chi connectivity index (χ1n) is 11.2. The van der Waals surface area contributed by atoms with Crippen molar-refractivity contribution >= 4 is 22.1 Å². The van der Waals surface area contributed by atoms with Crippen molar-refractivity contribution < 1.29 is 5.11 Å². The normalized spacial score (nSPS) is 12.6. The van der Waals surface area contributed by atoms with Crippen LogP contribution in [0.5, 0.6) is 5.75 Å². The molecule has 0 aliphatic rings. The molecule has 2 heterocycles.